The van der Waals surface area contributed by atoms with Gasteiger partial charge in [0.15, 0.2) is 0 Å². The summed E-state index contributed by atoms with van der Waals surface area (Å²) in [5.41, 5.74) is 3.40. The van der Waals surface area contributed by atoms with E-state index in [1.54, 1.807) is 4.90 Å². The van der Waals surface area contributed by atoms with Gasteiger partial charge >= 0.3 is 0 Å². The van der Waals surface area contributed by atoms with Gasteiger partial charge in [-0.15, -0.1) is 0 Å². The fourth-order valence-electron chi connectivity index (χ4n) is 2.96. The summed E-state index contributed by atoms with van der Waals surface area (Å²) < 4.78 is 0. The lowest BCUT2D eigenvalue weighted by Gasteiger charge is -2.27. The normalized spacial score (nSPS) is 22.6. The van der Waals surface area contributed by atoms with Crippen molar-refractivity contribution in [2.45, 2.75) is 40.0 Å². The number of aryl methyl sites for hydroxylation is 2. The first-order chi connectivity index (χ1) is 9.54. The van der Waals surface area contributed by atoms with E-state index in [1.807, 2.05) is 12.1 Å². The van der Waals surface area contributed by atoms with Crippen LogP contribution in [-0.2, 0) is 4.79 Å². The maximum absolute atomic E-state index is 12.0. The van der Waals surface area contributed by atoms with Crippen molar-refractivity contribution in [3.05, 3.63) is 29.3 Å². The lowest BCUT2D eigenvalue weighted by atomic mass is 10.0. The molecule has 1 amide bonds. The first-order valence-corrected chi connectivity index (χ1v) is 7.75. The maximum Gasteiger partial charge on any atom is 0.230 e. The van der Waals surface area contributed by atoms with Crippen molar-refractivity contribution in [3.8, 4) is 0 Å². The molecule has 1 aromatic carbocycles. The predicted octanol–water partition coefficient (Wildman–Crippen LogP) is 1.95. The van der Waals surface area contributed by atoms with Crippen LogP contribution in [0.1, 0.15) is 37.3 Å². The maximum atomic E-state index is 12.0. The fourth-order valence-corrected chi connectivity index (χ4v) is 2.96. The van der Waals surface area contributed by atoms with Crippen molar-refractivity contribution in [2.24, 2.45) is 5.92 Å². The number of carbonyl (C=O) groups excluding carboxylic acids is 1. The summed E-state index contributed by atoms with van der Waals surface area (Å²) >= 11 is 0. The van der Waals surface area contributed by atoms with Gasteiger partial charge in [-0.3, -0.25) is 4.79 Å². The smallest absolute Gasteiger partial charge is 0.230 e. The molecule has 1 aliphatic heterocycles. The van der Waals surface area contributed by atoms with Gasteiger partial charge < -0.3 is 10.2 Å². The summed E-state index contributed by atoms with van der Waals surface area (Å²) in [5.74, 6) is 0.945. The molecule has 1 fully saturated rings. The van der Waals surface area contributed by atoms with Crippen molar-refractivity contribution < 1.29 is 9.69 Å². The Balaban J connectivity index is 1.78. The van der Waals surface area contributed by atoms with Gasteiger partial charge in [0.1, 0.15) is 0 Å². The molecule has 110 valence electrons. The van der Waals surface area contributed by atoms with Crippen LogP contribution < -0.4 is 10.2 Å². The molecule has 0 saturated carbocycles. The number of amides is 1. The van der Waals surface area contributed by atoms with E-state index in [4.69, 9.17) is 0 Å². The van der Waals surface area contributed by atoms with Crippen LogP contribution in [0.2, 0.25) is 0 Å². The van der Waals surface area contributed by atoms with E-state index >= 15 is 0 Å². The van der Waals surface area contributed by atoms with Gasteiger partial charge in [-0.2, -0.15) is 0 Å². The number of likely N-dealkylation sites (tertiary alicyclic amines) is 1. The Morgan fingerprint density at radius 3 is 2.85 bits per heavy atom. The minimum absolute atomic E-state index is 0.138. The molecule has 3 nitrogen and oxygen atoms in total. The van der Waals surface area contributed by atoms with Gasteiger partial charge in [0.25, 0.3) is 0 Å². The molecule has 0 aliphatic carbocycles. The number of hydrogen-bond acceptors (Lipinski definition) is 1. The molecule has 1 aliphatic rings. The summed E-state index contributed by atoms with van der Waals surface area (Å²) in [6.07, 6.45) is 3.27. The second kappa shape index (κ2) is 6.89. The number of quaternary nitrogens is 1. The van der Waals surface area contributed by atoms with Gasteiger partial charge in [-0.25, -0.2) is 0 Å². The third kappa shape index (κ3) is 4.34. The number of rotatable bonds is 4. The second-order valence-corrected chi connectivity index (χ2v) is 6.30. The zero-order valence-corrected chi connectivity index (χ0v) is 13.0. The summed E-state index contributed by atoms with van der Waals surface area (Å²) in [5, 5.41) is 3.01. The van der Waals surface area contributed by atoms with E-state index in [9.17, 15) is 4.79 Å². The van der Waals surface area contributed by atoms with Gasteiger partial charge in [0, 0.05) is 11.6 Å². The zero-order chi connectivity index (χ0) is 14.5. The van der Waals surface area contributed by atoms with E-state index in [2.05, 4.69) is 32.2 Å². The summed E-state index contributed by atoms with van der Waals surface area (Å²) in [6.45, 7) is 9.87. The Morgan fingerprint density at radius 1 is 1.35 bits per heavy atom. The Morgan fingerprint density at radius 2 is 2.15 bits per heavy atom. The van der Waals surface area contributed by atoms with Crippen molar-refractivity contribution >= 4 is 11.6 Å². The average Bonchev–Trinajstić information content (AvgIpc) is 2.41. The van der Waals surface area contributed by atoms with E-state index in [-0.39, 0.29) is 5.91 Å². The van der Waals surface area contributed by atoms with Crippen LogP contribution in [0.3, 0.4) is 0 Å². The molecule has 0 radical (unpaired) electrons. The molecule has 2 atom stereocenters. The van der Waals surface area contributed by atoms with E-state index < -0.39 is 0 Å². The third-order valence-electron chi connectivity index (χ3n) is 4.36. The highest BCUT2D eigenvalue weighted by molar-refractivity contribution is 5.90. The Hall–Kier alpha value is -1.35. The lowest BCUT2D eigenvalue weighted by Crippen LogP contribution is -3.13. The molecular formula is C17H27N2O+. The number of hydrogen-bond donors (Lipinski definition) is 2. The highest BCUT2D eigenvalue weighted by atomic mass is 16.1. The highest BCUT2D eigenvalue weighted by Gasteiger charge is 2.20. The molecule has 0 bridgehead atoms. The van der Waals surface area contributed by atoms with Crippen LogP contribution in [0.25, 0.3) is 0 Å². The Kier molecular flexibility index (Phi) is 5.18. The first-order valence-electron chi connectivity index (χ1n) is 7.75. The lowest BCUT2D eigenvalue weighted by molar-refractivity contribution is -0.907. The number of piperidine rings is 1. The predicted molar refractivity (Wildman–Crippen MR) is 83.1 cm³/mol. The molecular weight excluding hydrogens is 248 g/mol. The quantitative estimate of drug-likeness (QED) is 0.865. The minimum Gasteiger partial charge on any atom is -0.334 e. The first kappa shape index (κ1) is 15.0. The summed E-state index contributed by atoms with van der Waals surface area (Å²) in [7, 11) is 0. The van der Waals surface area contributed by atoms with E-state index in [0.717, 1.165) is 18.2 Å². The average molecular weight is 275 g/mol. The van der Waals surface area contributed by atoms with Gasteiger partial charge in [-0.05, 0) is 49.9 Å². The van der Waals surface area contributed by atoms with Crippen LogP contribution in [0.5, 0.6) is 0 Å². The Labute approximate surface area is 122 Å². The standard InChI is InChI=1S/C17H26N2O/c1-13-5-4-9-19(12-13)10-8-17(20)18-16-7-6-14(2)15(3)11-16/h6-7,11,13H,4-5,8-10,12H2,1-3H3,(H,18,20)/p+1/t13-/m1/s1. The molecule has 2 rings (SSSR count). The van der Waals surface area contributed by atoms with Crippen LogP contribution >= 0.6 is 0 Å². The van der Waals surface area contributed by atoms with E-state index in [0.29, 0.717) is 6.42 Å². The van der Waals surface area contributed by atoms with Crippen molar-refractivity contribution in [1.29, 1.82) is 0 Å². The largest absolute Gasteiger partial charge is 0.334 e. The minimum atomic E-state index is 0.138. The van der Waals surface area contributed by atoms with Gasteiger partial charge in [0.2, 0.25) is 5.91 Å². The number of benzene rings is 1. The molecule has 0 aromatic heterocycles. The monoisotopic (exact) mass is 275 g/mol. The number of carbonyl (C=O) groups is 1. The third-order valence-corrected chi connectivity index (χ3v) is 4.36. The molecule has 1 aromatic rings. The number of nitrogens with one attached hydrogen (secondary N) is 2. The van der Waals surface area contributed by atoms with Crippen LogP contribution in [0.15, 0.2) is 18.2 Å². The molecule has 0 spiro atoms. The zero-order valence-electron chi connectivity index (χ0n) is 13.0. The molecule has 3 heteroatoms. The number of anilines is 1. The summed E-state index contributed by atoms with van der Waals surface area (Å²) in [4.78, 5) is 13.6. The van der Waals surface area contributed by atoms with Crippen LogP contribution in [0, 0.1) is 19.8 Å². The molecule has 2 N–H and O–H groups in total. The van der Waals surface area contributed by atoms with Gasteiger partial charge in [-0.1, -0.05) is 13.0 Å². The topological polar surface area (TPSA) is 33.5 Å². The molecule has 1 unspecified atom stereocenters. The van der Waals surface area contributed by atoms with Crippen LogP contribution in [-0.4, -0.2) is 25.5 Å². The second-order valence-electron chi connectivity index (χ2n) is 6.30. The molecule has 20 heavy (non-hydrogen) atoms. The Bertz CT molecular complexity index is 470. The highest BCUT2D eigenvalue weighted by Crippen LogP contribution is 2.14. The van der Waals surface area contributed by atoms with Crippen LogP contribution in [0.4, 0.5) is 5.69 Å². The van der Waals surface area contributed by atoms with E-state index in [1.165, 1.54) is 37.1 Å². The fraction of sp³-hybridized carbons (Fsp3) is 0.588. The van der Waals surface area contributed by atoms with Crippen molar-refractivity contribution in [2.75, 3.05) is 25.0 Å². The molecule has 1 saturated heterocycles. The SMILES string of the molecule is Cc1ccc(NC(=O)CC[NH+]2CCC[C@@H](C)C2)cc1C. The summed E-state index contributed by atoms with van der Waals surface area (Å²) in [6, 6.07) is 6.08. The van der Waals surface area contributed by atoms with Gasteiger partial charge in [0.05, 0.1) is 26.1 Å². The van der Waals surface area contributed by atoms with Crippen molar-refractivity contribution in [3.63, 3.8) is 0 Å². The molecule has 1 heterocycles. The van der Waals surface area contributed by atoms with Crippen molar-refractivity contribution in [1.82, 2.24) is 0 Å².